The molecule has 2 fully saturated rings. The van der Waals surface area contributed by atoms with Gasteiger partial charge in [-0.3, -0.25) is 9.59 Å². The van der Waals surface area contributed by atoms with Crippen molar-refractivity contribution < 1.29 is 29.0 Å². The average Bonchev–Trinajstić information content (AvgIpc) is 3.76. The first kappa shape index (κ1) is 33.7. The van der Waals surface area contributed by atoms with Crippen LogP contribution in [-0.4, -0.2) is 93.5 Å². The van der Waals surface area contributed by atoms with Crippen molar-refractivity contribution in [1.82, 2.24) is 24.7 Å². The first-order chi connectivity index (χ1) is 20.9. The predicted molar refractivity (Wildman–Crippen MR) is 168 cm³/mol. The number of carbonyl (C=O) groups excluding carboxylic acids is 3. The third kappa shape index (κ3) is 8.94. The number of aliphatic hydroxyl groups excluding tert-OH is 1. The third-order valence-corrected chi connectivity index (χ3v) is 8.22. The number of hydrogen-bond donors (Lipinski definition) is 2. The number of aryl methyl sites for hydroxylation is 1. The number of amides is 3. The van der Waals surface area contributed by atoms with Crippen LogP contribution in [0.15, 0.2) is 24.5 Å². The SMILES string of the molecule is COCCCn1cc(CN(C(=O)[C@@H]2C[C@H](C(=O)NC(CO)CC(C)C)CN(C(=O)OC(C)(C)C)C2)C2CC2)c2cccnc21. The standard InChI is InChI=1S/C33H51N5O6/c1-22(2)15-26(21-39)35-30(40)23-16-24(18-37(17-23)32(42)44-33(3,4)5)31(41)38(27-10-11-27)20-25-19-36(13-8-14-43-6)29-28(25)9-7-12-34-29/h7,9,12,19,22-24,26-27,39H,8,10-11,13-18,20-21H2,1-6H3,(H,35,40)/t23-,24+,26?/m0/s1. The van der Waals surface area contributed by atoms with Gasteiger partial charge in [0, 0.05) is 63.7 Å². The Balaban J connectivity index is 1.57. The molecule has 0 spiro atoms. The number of ether oxygens (including phenoxy) is 2. The number of nitrogens with zero attached hydrogens (tertiary/aromatic N) is 4. The van der Waals surface area contributed by atoms with E-state index in [1.54, 1.807) is 34.1 Å². The maximum absolute atomic E-state index is 14.3. The Labute approximate surface area is 261 Å². The largest absolute Gasteiger partial charge is 0.444 e. The predicted octanol–water partition coefficient (Wildman–Crippen LogP) is 3.96. The molecule has 0 radical (unpaired) electrons. The summed E-state index contributed by atoms with van der Waals surface area (Å²) >= 11 is 0. The smallest absolute Gasteiger partial charge is 0.410 e. The number of pyridine rings is 1. The van der Waals surface area contributed by atoms with E-state index in [0.29, 0.717) is 31.9 Å². The highest BCUT2D eigenvalue weighted by molar-refractivity contribution is 5.86. The minimum Gasteiger partial charge on any atom is -0.444 e. The molecule has 1 saturated carbocycles. The number of aliphatic hydroxyl groups is 1. The Hall–Kier alpha value is -3.18. The maximum atomic E-state index is 14.3. The Bertz CT molecular complexity index is 1280. The summed E-state index contributed by atoms with van der Waals surface area (Å²) in [6.45, 7) is 11.5. The van der Waals surface area contributed by atoms with Crippen LogP contribution in [0.4, 0.5) is 4.79 Å². The molecule has 1 aliphatic heterocycles. The number of piperidine rings is 1. The molecule has 0 aromatic carbocycles. The fourth-order valence-electron chi connectivity index (χ4n) is 6.07. The molecule has 3 heterocycles. The zero-order valence-corrected chi connectivity index (χ0v) is 27.3. The van der Waals surface area contributed by atoms with Crippen molar-refractivity contribution in [1.29, 1.82) is 0 Å². The lowest BCUT2D eigenvalue weighted by Crippen LogP contribution is -2.54. The molecular formula is C33H51N5O6. The molecular weight excluding hydrogens is 562 g/mol. The summed E-state index contributed by atoms with van der Waals surface area (Å²) in [5, 5.41) is 13.9. The second-order valence-electron chi connectivity index (χ2n) is 13.8. The Morgan fingerprint density at radius 3 is 2.55 bits per heavy atom. The van der Waals surface area contributed by atoms with Gasteiger partial charge >= 0.3 is 6.09 Å². The molecule has 1 unspecified atom stereocenters. The van der Waals surface area contributed by atoms with E-state index in [2.05, 4.69) is 21.1 Å². The van der Waals surface area contributed by atoms with Crippen LogP contribution in [0.2, 0.25) is 0 Å². The second-order valence-corrected chi connectivity index (χ2v) is 13.8. The first-order valence-corrected chi connectivity index (χ1v) is 16.0. The molecule has 11 heteroatoms. The van der Waals surface area contributed by atoms with Crippen LogP contribution in [0.1, 0.15) is 72.3 Å². The van der Waals surface area contributed by atoms with Gasteiger partial charge in [0.15, 0.2) is 0 Å². The molecule has 3 amide bonds. The summed E-state index contributed by atoms with van der Waals surface area (Å²) in [4.78, 5) is 49.1. The van der Waals surface area contributed by atoms with Crippen molar-refractivity contribution in [2.75, 3.05) is 33.4 Å². The van der Waals surface area contributed by atoms with Crippen LogP contribution in [0.5, 0.6) is 0 Å². The van der Waals surface area contributed by atoms with E-state index in [9.17, 15) is 19.5 Å². The van der Waals surface area contributed by atoms with Crippen molar-refractivity contribution in [2.24, 2.45) is 17.8 Å². The molecule has 0 bridgehead atoms. The third-order valence-electron chi connectivity index (χ3n) is 8.22. The Kier molecular flexibility index (Phi) is 11.3. The molecule has 44 heavy (non-hydrogen) atoms. The van der Waals surface area contributed by atoms with Gasteiger partial charge in [-0.2, -0.15) is 0 Å². The molecule has 1 aliphatic carbocycles. The van der Waals surface area contributed by atoms with Gasteiger partial charge in [0.05, 0.1) is 24.5 Å². The monoisotopic (exact) mass is 613 g/mol. The van der Waals surface area contributed by atoms with E-state index in [1.807, 2.05) is 30.9 Å². The molecule has 11 nitrogen and oxygen atoms in total. The molecule has 3 atom stereocenters. The van der Waals surface area contributed by atoms with Crippen LogP contribution in [-0.2, 0) is 32.2 Å². The average molecular weight is 614 g/mol. The Morgan fingerprint density at radius 1 is 1.18 bits per heavy atom. The quantitative estimate of drug-likeness (QED) is 0.328. The van der Waals surface area contributed by atoms with E-state index in [4.69, 9.17) is 9.47 Å². The van der Waals surface area contributed by atoms with Crippen LogP contribution in [0, 0.1) is 17.8 Å². The first-order valence-electron chi connectivity index (χ1n) is 16.0. The van der Waals surface area contributed by atoms with Crippen LogP contribution < -0.4 is 5.32 Å². The van der Waals surface area contributed by atoms with Gasteiger partial charge in [-0.15, -0.1) is 0 Å². The van der Waals surface area contributed by atoms with Crippen molar-refractivity contribution in [2.45, 2.75) is 97.5 Å². The molecule has 2 aliphatic rings. The van der Waals surface area contributed by atoms with Gasteiger partial charge in [-0.25, -0.2) is 9.78 Å². The van der Waals surface area contributed by atoms with E-state index >= 15 is 0 Å². The van der Waals surface area contributed by atoms with E-state index in [0.717, 1.165) is 42.4 Å². The maximum Gasteiger partial charge on any atom is 0.410 e. The molecule has 2 N–H and O–H groups in total. The van der Waals surface area contributed by atoms with Crippen molar-refractivity contribution in [3.8, 4) is 0 Å². The molecule has 244 valence electrons. The van der Waals surface area contributed by atoms with Crippen LogP contribution in [0.25, 0.3) is 11.0 Å². The number of carbonyl (C=O) groups is 3. The number of hydrogen-bond acceptors (Lipinski definition) is 7. The molecule has 1 saturated heterocycles. The summed E-state index contributed by atoms with van der Waals surface area (Å²) in [7, 11) is 1.69. The minimum absolute atomic E-state index is 0.0522. The molecule has 2 aromatic heterocycles. The Morgan fingerprint density at radius 2 is 1.91 bits per heavy atom. The topological polar surface area (TPSA) is 126 Å². The van der Waals surface area contributed by atoms with Gasteiger partial charge < -0.3 is 34.3 Å². The van der Waals surface area contributed by atoms with E-state index in [-0.39, 0.29) is 43.6 Å². The lowest BCUT2D eigenvalue weighted by molar-refractivity contribution is -0.140. The van der Waals surface area contributed by atoms with E-state index in [1.165, 1.54) is 4.90 Å². The number of nitrogens with one attached hydrogen (secondary N) is 1. The van der Waals surface area contributed by atoms with Crippen molar-refractivity contribution >= 4 is 28.9 Å². The number of rotatable bonds is 13. The zero-order chi connectivity index (χ0) is 32.0. The van der Waals surface area contributed by atoms with E-state index < -0.39 is 23.5 Å². The highest BCUT2D eigenvalue weighted by Gasteiger charge is 2.43. The summed E-state index contributed by atoms with van der Waals surface area (Å²) < 4.78 is 13.0. The highest BCUT2D eigenvalue weighted by atomic mass is 16.6. The van der Waals surface area contributed by atoms with Gasteiger partial charge in [0.2, 0.25) is 11.8 Å². The number of methoxy groups -OCH3 is 1. The lowest BCUT2D eigenvalue weighted by atomic mass is 9.87. The molecule has 2 aromatic rings. The fourth-order valence-corrected chi connectivity index (χ4v) is 6.07. The van der Waals surface area contributed by atoms with Gasteiger partial charge in [-0.05, 0) is 76.5 Å². The van der Waals surface area contributed by atoms with Crippen molar-refractivity contribution in [3.05, 3.63) is 30.1 Å². The minimum atomic E-state index is -0.712. The molecule has 4 rings (SSSR count). The summed E-state index contributed by atoms with van der Waals surface area (Å²) in [5.41, 5.74) is 1.20. The van der Waals surface area contributed by atoms with Gasteiger partial charge in [0.25, 0.3) is 0 Å². The normalized spacial score (nSPS) is 19.7. The van der Waals surface area contributed by atoms with Crippen LogP contribution in [0.3, 0.4) is 0 Å². The zero-order valence-electron chi connectivity index (χ0n) is 27.3. The summed E-state index contributed by atoms with van der Waals surface area (Å²) in [5.74, 6) is -1.17. The fraction of sp³-hybridized carbons (Fsp3) is 0.697. The summed E-state index contributed by atoms with van der Waals surface area (Å²) in [6.07, 6.45) is 7.00. The van der Waals surface area contributed by atoms with Crippen LogP contribution >= 0.6 is 0 Å². The second kappa shape index (κ2) is 14.7. The van der Waals surface area contributed by atoms with Gasteiger partial charge in [0.1, 0.15) is 11.2 Å². The number of aromatic nitrogens is 2. The van der Waals surface area contributed by atoms with Gasteiger partial charge in [-0.1, -0.05) is 13.8 Å². The van der Waals surface area contributed by atoms with Crippen molar-refractivity contribution in [3.63, 3.8) is 0 Å². The number of likely N-dealkylation sites (tertiary alicyclic amines) is 1. The lowest BCUT2D eigenvalue weighted by Gasteiger charge is -2.39. The highest BCUT2D eigenvalue weighted by Crippen LogP contribution is 2.34. The number of fused-ring (bicyclic) bond motifs is 1. The summed E-state index contributed by atoms with van der Waals surface area (Å²) in [6, 6.07) is 3.70.